The zero-order valence-electron chi connectivity index (χ0n) is 6.95. The Hall–Kier alpha value is 0.0400. The summed E-state index contributed by atoms with van der Waals surface area (Å²) in [6, 6.07) is 0. The molecule has 0 saturated heterocycles. The largest absolute Gasteiger partial charge is 0.276 e. The number of hydrogen-bond donors (Lipinski definition) is 0. The molecule has 0 bridgehead atoms. The van der Waals surface area contributed by atoms with Crippen LogP contribution in [0.15, 0.2) is 9.98 Å². The summed E-state index contributed by atoms with van der Waals surface area (Å²) in [6.45, 7) is 2.00. The molecular formula is C8H12N2S2. The third-order valence-electron chi connectivity index (χ3n) is 1.78. The summed E-state index contributed by atoms with van der Waals surface area (Å²) in [4.78, 5) is 8.96. The second-order valence-corrected chi connectivity index (χ2v) is 4.95. The molecular weight excluding hydrogens is 188 g/mol. The zero-order chi connectivity index (χ0) is 8.23. The molecule has 0 aromatic heterocycles. The fraction of sp³-hybridized carbons (Fsp3) is 0.750. The van der Waals surface area contributed by atoms with Crippen LogP contribution in [0.25, 0.3) is 0 Å². The molecule has 2 aliphatic rings. The molecule has 0 N–H and O–H groups in total. The van der Waals surface area contributed by atoms with Crippen LogP contribution in [0.3, 0.4) is 0 Å². The van der Waals surface area contributed by atoms with E-state index >= 15 is 0 Å². The lowest BCUT2D eigenvalue weighted by atomic mass is 10.5. The third kappa shape index (κ3) is 2.04. The first-order valence-corrected chi connectivity index (χ1v) is 6.29. The Bertz CT molecular complexity index is 199. The van der Waals surface area contributed by atoms with Gasteiger partial charge in [0.15, 0.2) is 0 Å². The number of aliphatic imine (C=N–C) groups is 2. The first kappa shape index (κ1) is 8.63. The predicted octanol–water partition coefficient (Wildman–Crippen LogP) is 2.06. The van der Waals surface area contributed by atoms with E-state index in [-0.39, 0.29) is 0 Å². The van der Waals surface area contributed by atoms with Gasteiger partial charge in [0.25, 0.3) is 0 Å². The van der Waals surface area contributed by atoms with Crippen LogP contribution in [-0.4, -0.2) is 34.7 Å². The van der Waals surface area contributed by atoms with Crippen molar-refractivity contribution in [1.29, 1.82) is 0 Å². The molecule has 0 aromatic carbocycles. The van der Waals surface area contributed by atoms with Crippen LogP contribution in [0.1, 0.15) is 12.8 Å². The molecule has 2 heterocycles. The maximum Gasteiger partial charge on any atom is 0.122 e. The average molecular weight is 200 g/mol. The van der Waals surface area contributed by atoms with Crippen LogP contribution in [0.5, 0.6) is 0 Å². The highest BCUT2D eigenvalue weighted by molar-refractivity contribution is 8.25. The molecule has 0 amide bonds. The van der Waals surface area contributed by atoms with Gasteiger partial charge >= 0.3 is 0 Å². The Balaban J connectivity index is 2.06. The van der Waals surface area contributed by atoms with E-state index in [4.69, 9.17) is 0 Å². The van der Waals surface area contributed by atoms with Gasteiger partial charge in [0.05, 0.1) is 0 Å². The molecule has 0 aromatic rings. The number of rotatable bonds is 1. The quantitative estimate of drug-likeness (QED) is 0.647. The average Bonchev–Trinajstić information content (AvgIpc) is 2.21. The molecule has 0 spiro atoms. The van der Waals surface area contributed by atoms with Gasteiger partial charge in [-0.2, -0.15) is 0 Å². The number of thioether (sulfide) groups is 2. The van der Waals surface area contributed by atoms with Crippen LogP contribution in [0.2, 0.25) is 0 Å². The number of nitrogens with zero attached hydrogens (tertiary/aromatic N) is 2. The van der Waals surface area contributed by atoms with Gasteiger partial charge in [0, 0.05) is 24.6 Å². The molecule has 0 radical (unpaired) electrons. The van der Waals surface area contributed by atoms with E-state index in [0.29, 0.717) is 0 Å². The Morgan fingerprint density at radius 2 is 1.33 bits per heavy atom. The minimum absolute atomic E-state index is 1.00. The van der Waals surface area contributed by atoms with E-state index in [1.54, 1.807) is 0 Å². The van der Waals surface area contributed by atoms with Crippen molar-refractivity contribution < 1.29 is 0 Å². The predicted molar refractivity (Wildman–Crippen MR) is 58.8 cm³/mol. The normalized spacial score (nSPS) is 24.7. The molecule has 0 atom stereocenters. The van der Waals surface area contributed by atoms with Gasteiger partial charge in [-0.25, -0.2) is 0 Å². The zero-order valence-corrected chi connectivity index (χ0v) is 8.59. The van der Waals surface area contributed by atoms with Crippen molar-refractivity contribution in [2.45, 2.75) is 12.8 Å². The summed E-state index contributed by atoms with van der Waals surface area (Å²) < 4.78 is 0. The summed E-state index contributed by atoms with van der Waals surface area (Å²) >= 11 is 3.74. The van der Waals surface area contributed by atoms with E-state index in [2.05, 4.69) is 9.98 Å². The summed E-state index contributed by atoms with van der Waals surface area (Å²) in [5.41, 5.74) is 0. The molecule has 0 saturated carbocycles. The van der Waals surface area contributed by atoms with Crippen LogP contribution < -0.4 is 0 Å². The Morgan fingerprint density at radius 1 is 0.833 bits per heavy atom. The summed E-state index contributed by atoms with van der Waals surface area (Å²) in [7, 11) is 0. The summed E-state index contributed by atoms with van der Waals surface area (Å²) in [5, 5.41) is 2.40. The molecule has 12 heavy (non-hydrogen) atoms. The topological polar surface area (TPSA) is 24.7 Å². The van der Waals surface area contributed by atoms with Gasteiger partial charge in [-0.05, 0) is 12.8 Å². The van der Waals surface area contributed by atoms with Crippen molar-refractivity contribution in [2.24, 2.45) is 9.98 Å². The van der Waals surface area contributed by atoms with Crippen molar-refractivity contribution in [1.82, 2.24) is 0 Å². The van der Waals surface area contributed by atoms with Crippen molar-refractivity contribution >= 4 is 33.6 Å². The van der Waals surface area contributed by atoms with Gasteiger partial charge in [0.1, 0.15) is 10.1 Å². The maximum atomic E-state index is 4.48. The lowest BCUT2D eigenvalue weighted by molar-refractivity contribution is 0.933. The van der Waals surface area contributed by atoms with Gasteiger partial charge in [-0.15, -0.1) is 23.5 Å². The molecule has 0 unspecified atom stereocenters. The molecule has 0 fully saturated rings. The Kier molecular flexibility index (Phi) is 3.11. The minimum atomic E-state index is 1.00. The second kappa shape index (κ2) is 4.33. The van der Waals surface area contributed by atoms with Crippen LogP contribution in [-0.2, 0) is 0 Å². The molecule has 2 aliphatic heterocycles. The standard InChI is InChI=1S/C8H12N2S2/c1-3-9-7(11-5-1)8-10-4-2-6-12-8/h1-6H2. The van der Waals surface area contributed by atoms with Crippen molar-refractivity contribution in [2.75, 3.05) is 24.6 Å². The Morgan fingerprint density at radius 3 is 1.67 bits per heavy atom. The van der Waals surface area contributed by atoms with Crippen LogP contribution in [0.4, 0.5) is 0 Å². The monoisotopic (exact) mass is 200 g/mol. The molecule has 2 nitrogen and oxygen atoms in total. The van der Waals surface area contributed by atoms with Crippen LogP contribution in [0, 0.1) is 0 Å². The van der Waals surface area contributed by atoms with Crippen LogP contribution >= 0.6 is 23.5 Å². The highest BCUT2D eigenvalue weighted by Crippen LogP contribution is 2.22. The SMILES string of the molecule is C1CN=C(C2=NCCCS2)SC1. The Labute approximate surface area is 81.3 Å². The van der Waals surface area contributed by atoms with E-state index in [1.807, 2.05) is 23.5 Å². The van der Waals surface area contributed by atoms with Crippen molar-refractivity contribution in [3.63, 3.8) is 0 Å². The van der Waals surface area contributed by atoms with Crippen molar-refractivity contribution in [3.05, 3.63) is 0 Å². The van der Waals surface area contributed by atoms with E-state index < -0.39 is 0 Å². The lowest BCUT2D eigenvalue weighted by Crippen LogP contribution is -2.16. The third-order valence-corrected chi connectivity index (χ3v) is 4.08. The molecule has 66 valence electrons. The smallest absolute Gasteiger partial charge is 0.122 e. The first-order valence-electron chi connectivity index (χ1n) is 4.32. The highest BCUT2D eigenvalue weighted by Gasteiger charge is 2.15. The lowest BCUT2D eigenvalue weighted by Gasteiger charge is -2.15. The van der Waals surface area contributed by atoms with Gasteiger partial charge in [-0.3, -0.25) is 9.98 Å². The minimum Gasteiger partial charge on any atom is -0.276 e. The number of hydrogen-bond acceptors (Lipinski definition) is 4. The van der Waals surface area contributed by atoms with E-state index in [9.17, 15) is 0 Å². The van der Waals surface area contributed by atoms with Crippen molar-refractivity contribution in [3.8, 4) is 0 Å². The highest BCUT2D eigenvalue weighted by atomic mass is 32.2. The van der Waals surface area contributed by atoms with E-state index in [1.165, 1.54) is 34.4 Å². The second-order valence-electron chi connectivity index (χ2n) is 2.78. The molecule has 4 heteroatoms. The van der Waals surface area contributed by atoms with E-state index in [0.717, 1.165) is 13.1 Å². The maximum absolute atomic E-state index is 4.48. The first-order chi connectivity index (χ1) is 5.97. The molecule has 2 rings (SSSR count). The van der Waals surface area contributed by atoms with Gasteiger partial charge in [0.2, 0.25) is 0 Å². The molecule has 0 aliphatic carbocycles. The summed E-state index contributed by atoms with van der Waals surface area (Å²) in [6.07, 6.45) is 2.46. The fourth-order valence-electron chi connectivity index (χ4n) is 1.18. The fourth-order valence-corrected chi connectivity index (χ4v) is 3.21. The van der Waals surface area contributed by atoms with Gasteiger partial charge < -0.3 is 0 Å². The van der Waals surface area contributed by atoms with Gasteiger partial charge in [-0.1, -0.05) is 0 Å². The summed E-state index contributed by atoms with van der Waals surface area (Å²) in [5.74, 6) is 2.44.